The SMILES string of the molecule is Cl.NC1CC(Cc2ccccc2)c2ccccc2C1=O. The standard InChI is InChI=1S/C17H17NO.ClH/c18-16-11-13(10-12-6-2-1-3-7-12)14-8-4-5-9-15(14)17(16)19;/h1-9,13,16H,10-11,18H2;1H. The molecule has 0 spiro atoms. The maximum Gasteiger partial charge on any atom is 0.179 e. The van der Waals surface area contributed by atoms with E-state index in [1.54, 1.807) is 0 Å². The first-order valence-electron chi connectivity index (χ1n) is 6.68. The number of halogens is 1. The lowest BCUT2D eigenvalue weighted by atomic mass is 9.77. The third-order valence-corrected chi connectivity index (χ3v) is 3.87. The number of hydrogen-bond donors (Lipinski definition) is 1. The van der Waals surface area contributed by atoms with Gasteiger partial charge >= 0.3 is 0 Å². The van der Waals surface area contributed by atoms with Crippen LogP contribution in [0.5, 0.6) is 0 Å². The van der Waals surface area contributed by atoms with Crippen molar-refractivity contribution < 1.29 is 4.79 Å². The van der Waals surface area contributed by atoms with Crippen LogP contribution < -0.4 is 5.73 Å². The zero-order valence-corrected chi connectivity index (χ0v) is 12.0. The van der Waals surface area contributed by atoms with E-state index in [4.69, 9.17) is 5.73 Å². The van der Waals surface area contributed by atoms with Crippen molar-refractivity contribution in [3.05, 3.63) is 71.3 Å². The Morgan fingerprint density at radius 3 is 2.40 bits per heavy atom. The molecular formula is C17H18ClNO. The molecule has 20 heavy (non-hydrogen) atoms. The summed E-state index contributed by atoms with van der Waals surface area (Å²) in [6.45, 7) is 0. The molecule has 0 heterocycles. The molecular weight excluding hydrogens is 270 g/mol. The van der Waals surface area contributed by atoms with Crippen LogP contribution in [0.4, 0.5) is 0 Å². The molecule has 0 aliphatic heterocycles. The molecule has 0 bridgehead atoms. The second kappa shape index (κ2) is 6.21. The van der Waals surface area contributed by atoms with Crippen LogP contribution in [0.2, 0.25) is 0 Å². The first-order valence-corrected chi connectivity index (χ1v) is 6.68. The summed E-state index contributed by atoms with van der Waals surface area (Å²) >= 11 is 0. The average Bonchev–Trinajstić information content (AvgIpc) is 2.46. The van der Waals surface area contributed by atoms with E-state index in [-0.39, 0.29) is 24.2 Å². The monoisotopic (exact) mass is 287 g/mol. The molecule has 1 aliphatic rings. The summed E-state index contributed by atoms with van der Waals surface area (Å²) in [6, 6.07) is 17.9. The van der Waals surface area contributed by atoms with Gasteiger partial charge in [-0.3, -0.25) is 4.79 Å². The van der Waals surface area contributed by atoms with Gasteiger partial charge in [0, 0.05) is 5.56 Å². The van der Waals surface area contributed by atoms with Crippen LogP contribution in [0.3, 0.4) is 0 Å². The fourth-order valence-electron chi connectivity index (χ4n) is 2.91. The molecule has 0 saturated heterocycles. The van der Waals surface area contributed by atoms with Gasteiger partial charge in [-0.15, -0.1) is 12.4 Å². The van der Waals surface area contributed by atoms with Crippen molar-refractivity contribution in [2.75, 3.05) is 0 Å². The molecule has 2 aromatic carbocycles. The van der Waals surface area contributed by atoms with Gasteiger partial charge in [0.05, 0.1) is 6.04 Å². The molecule has 2 unspecified atom stereocenters. The molecule has 2 nitrogen and oxygen atoms in total. The summed E-state index contributed by atoms with van der Waals surface area (Å²) in [5.41, 5.74) is 9.24. The smallest absolute Gasteiger partial charge is 0.179 e. The molecule has 3 heteroatoms. The Balaban J connectivity index is 0.00000147. The molecule has 104 valence electrons. The van der Waals surface area contributed by atoms with E-state index in [0.29, 0.717) is 5.92 Å². The van der Waals surface area contributed by atoms with Gasteiger partial charge < -0.3 is 5.73 Å². The van der Waals surface area contributed by atoms with Crippen LogP contribution in [-0.2, 0) is 6.42 Å². The molecule has 0 amide bonds. The Bertz CT molecular complexity index is 597. The minimum Gasteiger partial charge on any atom is -0.321 e. The Kier molecular flexibility index (Phi) is 4.58. The highest BCUT2D eigenvalue weighted by atomic mass is 35.5. The lowest BCUT2D eigenvalue weighted by Crippen LogP contribution is -2.37. The van der Waals surface area contributed by atoms with Gasteiger partial charge in [0.15, 0.2) is 5.78 Å². The summed E-state index contributed by atoms with van der Waals surface area (Å²) in [5, 5.41) is 0. The van der Waals surface area contributed by atoms with Gasteiger partial charge in [-0.25, -0.2) is 0 Å². The van der Waals surface area contributed by atoms with Crippen molar-refractivity contribution in [1.82, 2.24) is 0 Å². The Hall–Kier alpha value is -1.64. The zero-order valence-electron chi connectivity index (χ0n) is 11.2. The molecule has 2 aromatic rings. The first-order chi connectivity index (χ1) is 9.25. The van der Waals surface area contributed by atoms with Crippen LogP contribution in [0.25, 0.3) is 0 Å². The second-order valence-corrected chi connectivity index (χ2v) is 5.18. The molecule has 2 N–H and O–H groups in total. The summed E-state index contributed by atoms with van der Waals surface area (Å²) in [5.74, 6) is 0.422. The number of nitrogens with two attached hydrogens (primary N) is 1. The maximum atomic E-state index is 12.1. The van der Waals surface area contributed by atoms with Gasteiger partial charge in [-0.2, -0.15) is 0 Å². The minimum absolute atomic E-state index is 0. The number of benzene rings is 2. The molecule has 2 atom stereocenters. The molecule has 3 rings (SSSR count). The van der Waals surface area contributed by atoms with Crippen molar-refractivity contribution in [1.29, 1.82) is 0 Å². The Labute approximate surface area is 125 Å². The largest absolute Gasteiger partial charge is 0.321 e. The number of carbonyl (C=O) groups excluding carboxylic acids is 1. The number of carbonyl (C=O) groups is 1. The van der Waals surface area contributed by atoms with Gasteiger partial charge in [-0.05, 0) is 29.9 Å². The van der Waals surface area contributed by atoms with Gasteiger partial charge in [0.2, 0.25) is 0 Å². The zero-order chi connectivity index (χ0) is 13.2. The van der Waals surface area contributed by atoms with Crippen molar-refractivity contribution in [2.45, 2.75) is 24.8 Å². The average molecular weight is 288 g/mol. The highest BCUT2D eigenvalue weighted by Crippen LogP contribution is 2.33. The van der Waals surface area contributed by atoms with Crippen molar-refractivity contribution in [2.24, 2.45) is 5.73 Å². The van der Waals surface area contributed by atoms with Crippen LogP contribution in [0, 0.1) is 0 Å². The summed E-state index contributed by atoms with van der Waals surface area (Å²) < 4.78 is 0. The fraction of sp³-hybridized carbons (Fsp3) is 0.235. The van der Waals surface area contributed by atoms with Gasteiger partial charge in [-0.1, -0.05) is 54.6 Å². The van der Waals surface area contributed by atoms with Crippen LogP contribution >= 0.6 is 12.4 Å². The normalized spacial score (nSPS) is 20.9. The molecule has 0 fully saturated rings. The number of fused-ring (bicyclic) bond motifs is 1. The summed E-state index contributed by atoms with van der Waals surface area (Å²) in [7, 11) is 0. The highest BCUT2D eigenvalue weighted by Gasteiger charge is 2.30. The molecule has 0 saturated carbocycles. The fourth-order valence-corrected chi connectivity index (χ4v) is 2.91. The van der Waals surface area contributed by atoms with E-state index in [0.717, 1.165) is 24.0 Å². The van der Waals surface area contributed by atoms with E-state index in [1.165, 1.54) is 5.56 Å². The van der Waals surface area contributed by atoms with Crippen LogP contribution in [0.1, 0.15) is 33.8 Å². The van der Waals surface area contributed by atoms with Gasteiger partial charge in [0.1, 0.15) is 0 Å². The minimum atomic E-state index is -0.358. The van der Waals surface area contributed by atoms with E-state index in [9.17, 15) is 4.79 Å². The van der Waals surface area contributed by atoms with E-state index >= 15 is 0 Å². The number of ketones is 1. The topological polar surface area (TPSA) is 43.1 Å². The predicted octanol–water partition coefficient (Wildman–Crippen LogP) is 3.35. The lowest BCUT2D eigenvalue weighted by Gasteiger charge is -2.28. The van der Waals surface area contributed by atoms with E-state index < -0.39 is 0 Å². The number of rotatable bonds is 2. The Morgan fingerprint density at radius 2 is 1.65 bits per heavy atom. The molecule has 0 aromatic heterocycles. The van der Waals surface area contributed by atoms with Crippen LogP contribution in [-0.4, -0.2) is 11.8 Å². The number of hydrogen-bond acceptors (Lipinski definition) is 2. The quantitative estimate of drug-likeness (QED) is 0.920. The van der Waals surface area contributed by atoms with Crippen LogP contribution in [0.15, 0.2) is 54.6 Å². The third-order valence-electron chi connectivity index (χ3n) is 3.87. The van der Waals surface area contributed by atoms with E-state index in [2.05, 4.69) is 30.3 Å². The highest BCUT2D eigenvalue weighted by molar-refractivity contribution is 6.02. The summed E-state index contributed by atoms with van der Waals surface area (Å²) in [4.78, 5) is 12.1. The van der Waals surface area contributed by atoms with E-state index in [1.807, 2.05) is 24.3 Å². The van der Waals surface area contributed by atoms with Crippen molar-refractivity contribution in [3.63, 3.8) is 0 Å². The van der Waals surface area contributed by atoms with Gasteiger partial charge in [0.25, 0.3) is 0 Å². The second-order valence-electron chi connectivity index (χ2n) is 5.18. The maximum absolute atomic E-state index is 12.1. The Morgan fingerprint density at radius 1 is 1.00 bits per heavy atom. The first kappa shape index (κ1) is 14.8. The lowest BCUT2D eigenvalue weighted by molar-refractivity contribution is 0.0941. The predicted molar refractivity (Wildman–Crippen MR) is 83.5 cm³/mol. The molecule has 1 aliphatic carbocycles. The number of Topliss-reactive ketones (excluding diaryl/α,β-unsaturated/α-hetero) is 1. The third kappa shape index (κ3) is 2.77. The van der Waals surface area contributed by atoms with Crippen molar-refractivity contribution >= 4 is 18.2 Å². The summed E-state index contributed by atoms with van der Waals surface area (Å²) in [6.07, 6.45) is 1.68. The van der Waals surface area contributed by atoms with Crippen molar-refractivity contribution in [3.8, 4) is 0 Å². The molecule has 0 radical (unpaired) electrons.